The van der Waals surface area contributed by atoms with Crippen molar-refractivity contribution in [3.05, 3.63) is 12.3 Å². The van der Waals surface area contributed by atoms with Gasteiger partial charge in [0.15, 0.2) is 0 Å². The van der Waals surface area contributed by atoms with Crippen LogP contribution in [0.3, 0.4) is 0 Å². The van der Waals surface area contributed by atoms with Crippen LogP contribution < -0.4 is 5.32 Å². The van der Waals surface area contributed by atoms with E-state index in [0.29, 0.717) is 5.92 Å². The predicted octanol–water partition coefficient (Wildman–Crippen LogP) is 1.39. The fourth-order valence-electron chi connectivity index (χ4n) is 0.723. The minimum absolute atomic E-state index is 0.456. The molecule has 2 nitrogen and oxygen atoms in total. The van der Waals surface area contributed by atoms with E-state index < -0.39 is 0 Å². The topological polar surface area (TPSA) is 21.3 Å². The maximum Gasteiger partial charge on any atom is 0.0912 e. The summed E-state index contributed by atoms with van der Waals surface area (Å²) in [4.78, 5) is 0. The van der Waals surface area contributed by atoms with Gasteiger partial charge in [-0.1, -0.05) is 13.5 Å². The van der Waals surface area contributed by atoms with E-state index >= 15 is 0 Å². The highest BCUT2D eigenvalue weighted by molar-refractivity contribution is 4.88. The van der Waals surface area contributed by atoms with E-state index in [1.807, 2.05) is 7.05 Å². The predicted molar refractivity (Wildman–Crippen MR) is 43.9 cm³/mol. The quantitative estimate of drug-likeness (QED) is 0.587. The number of nitrogens with one attached hydrogen (secondary N) is 1. The van der Waals surface area contributed by atoms with Crippen LogP contribution in [0.4, 0.5) is 0 Å². The molecule has 0 aromatic carbocycles. The van der Waals surface area contributed by atoms with Crippen molar-refractivity contribution in [3.8, 4) is 0 Å². The van der Waals surface area contributed by atoms with E-state index in [2.05, 4.69) is 18.8 Å². The molecule has 60 valence electrons. The molecule has 0 heterocycles. The third kappa shape index (κ3) is 3.51. The zero-order valence-electron chi connectivity index (χ0n) is 7.11. The molecule has 1 N–H and O–H groups in total. The molecule has 0 rings (SSSR count). The Morgan fingerprint density at radius 3 is 2.70 bits per heavy atom. The van der Waals surface area contributed by atoms with Crippen LogP contribution in [0.25, 0.3) is 0 Å². The molecule has 0 aliphatic rings. The molecule has 0 aromatic heterocycles. The first-order valence-corrected chi connectivity index (χ1v) is 3.59. The van der Waals surface area contributed by atoms with Crippen LogP contribution in [0.15, 0.2) is 12.3 Å². The molecule has 10 heavy (non-hydrogen) atoms. The van der Waals surface area contributed by atoms with Crippen LogP contribution in [-0.4, -0.2) is 20.7 Å². The van der Waals surface area contributed by atoms with Gasteiger partial charge in [-0.3, -0.25) is 0 Å². The lowest BCUT2D eigenvalue weighted by Crippen LogP contribution is -2.12. The first-order valence-electron chi connectivity index (χ1n) is 3.59. The molecule has 0 saturated heterocycles. The van der Waals surface area contributed by atoms with Crippen molar-refractivity contribution in [2.75, 3.05) is 20.7 Å². The third-order valence-corrected chi connectivity index (χ3v) is 1.64. The fourth-order valence-corrected chi connectivity index (χ4v) is 0.723. The summed E-state index contributed by atoms with van der Waals surface area (Å²) in [6, 6.07) is 0. The van der Waals surface area contributed by atoms with Gasteiger partial charge in [0.05, 0.1) is 12.9 Å². The third-order valence-electron chi connectivity index (χ3n) is 1.64. The number of rotatable bonds is 5. The molecule has 0 saturated carbocycles. The van der Waals surface area contributed by atoms with Crippen molar-refractivity contribution >= 4 is 0 Å². The Kier molecular flexibility index (Phi) is 5.03. The Bertz CT molecular complexity index is 101. The van der Waals surface area contributed by atoms with E-state index in [4.69, 9.17) is 4.74 Å². The van der Waals surface area contributed by atoms with Gasteiger partial charge in [0.2, 0.25) is 0 Å². The molecular formula is C8H17NO. The van der Waals surface area contributed by atoms with Crippen molar-refractivity contribution in [2.24, 2.45) is 5.92 Å². The molecule has 0 fully saturated rings. The highest BCUT2D eigenvalue weighted by atomic mass is 16.5. The van der Waals surface area contributed by atoms with Crippen molar-refractivity contribution < 1.29 is 4.74 Å². The van der Waals surface area contributed by atoms with Gasteiger partial charge in [-0.25, -0.2) is 0 Å². The second-order valence-electron chi connectivity index (χ2n) is 2.46. The molecule has 0 bridgehead atoms. The molecule has 1 atom stereocenters. The molecule has 2 heteroatoms. The lowest BCUT2D eigenvalue weighted by Gasteiger charge is -2.12. The molecule has 0 aromatic rings. The minimum Gasteiger partial charge on any atom is -0.501 e. The standard InChI is InChI=1S/C8H17NO/c1-7(5-6-9-3)8(2)10-4/h7,9H,2,5-6H2,1,3-4H3. The van der Waals surface area contributed by atoms with Crippen LogP contribution in [0.5, 0.6) is 0 Å². The normalized spacial score (nSPS) is 12.7. The number of hydrogen-bond donors (Lipinski definition) is 1. The second-order valence-corrected chi connectivity index (χ2v) is 2.46. The van der Waals surface area contributed by atoms with Gasteiger partial charge in [-0.2, -0.15) is 0 Å². The number of hydrogen-bond acceptors (Lipinski definition) is 2. The maximum atomic E-state index is 4.99. The van der Waals surface area contributed by atoms with Crippen LogP contribution >= 0.6 is 0 Å². The van der Waals surface area contributed by atoms with Crippen LogP contribution in [0.2, 0.25) is 0 Å². The van der Waals surface area contributed by atoms with E-state index in [1.54, 1.807) is 7.11 Å². The average molecular weight is 143 g/mol. The Labute approximate surface area is 63.3 Å². The van der Waals surface area contributed by atoms with Gasteiger partial charge in [-0.05, 0) is 20.0 Å². The van der Waals surface area contributed by atoms with Gasteiger partial charge in [0.25, 0.3) is 0 Å². The van der Waals surface area contributed by atoms with Crippen LogP contribution in [0, 0.1) is 5.92 Å². The van der Waals surface area contributed by atoms with Gasteiger partial charge >= 0.3 is 0 Å². The lowest BCUT2D eigenvalue weighted by atomic mass is 10.1. The van der Waals surface area contributed by atoms with E-state index in [0.717, 1.165) is 18.7 Å². The summed E-state index contributed by atoms with van der Waals surface area (Å²) in [5.41, 5.74) is 0. The molecule has 0 aliphatic carbocycles. The van der Waals surface area contributed by atoms with Gasteiger partial charge < -0.3 is 10.1 Å². The fraction of sp³-hybridized carbons (Fsp3) is 0.750. The summed E-state index contributed by atoms with van der Waals surface area (Å²) in [7, 11) is 3.61. The summed E-state index contributed by atoms with van der Waals surface area (Å²) in [5.74, 6) is 1.33. The van der Waals surface area contributed by atoms with Crippen LogP contribution in [-0.2, 0) is 4.74 Å². The van der Waals surface area contributed by atoms with E-state index in [9.17, 15) is 0 Å². The summed E-state index contributed by atoms with van der Waals surface area (Å²) < 4.78 is 4.99. The first-order chi connectivity index (χ1) is 4.72. The Morgan fingerprint density at radius 1 is 1.70 bits per heavy atom. The number of methoxy groups -OCH3 is 1. The summed E-state index contributed by atoms with van der Waals surface area (Å²) in [6.45, 7) is 6.91. The zero-order chi connectivity index (χ0) is 7.98. The number of allylic oxidation sites excluding steroid dienone is 1. The molecule has 0 spiro atoms. The van der Waals surface area contributed by atoms with Gasteiger partial charge in [0.1, 0.15) is 0 Å². The molecule has 0 aliphatic heterocycles. The van der Waals surface area contributed by atoms with E-state index in [-0.39, 0.29) is 0 Å². The summed E-state index contributed by atoms with van der Waals surface area (Å²) >= 11 is 0. The Balaban J connectivity index is 3.41. The Morgan fingerprint density at radius 2 is 2.30 bits per heavy atom. The SMILES string of the molecule is C=C(OC)C(C)CCNC. The highest BCUT2D eigenvalue weighted by Gasteiger charge is 2.04. The highest BCUT2D eigenvalue weighted by Crippen LogP contribution is 2.11. The average Bonchev–Trinajstić information content (AvgIpc) is 1.98. The van der Waals surface area contributed by atoms with Gasteiger partial charge in [0, 0.05) is 5.92 Å². The summed E-state index contributed by atoms with van der Waals surface area (Å²) in [6.07, 6.45) is 1.09. The van der Waals surface area contributed by atoms with Crippen molar-refractivity contribution in [2.45, 2.75) is 13.3 Å². The molecule has 0 amide bonds. The van der Waals surface area contributed by atoms with E-state index in [1.165, 1.54) is 0 Å². The molecule has 0 radical (unpaired) electrons. The van der Waals surface area contributed by atoms with Crippen molar-refractivity contribution in [1.82, 2.24) is 5.32 Å². The second kappa shape index (κ2) is 5.30. The van der Waals surface area contributed by atoms with Crippen molar-refractivity contribution in [3.63, 3.8) is 0 Å². The molecular weight excluding hydrogens is 126 g/mol. The molecule has 1 unspecified atom stereocenters. The zero-order valence-corrected chi connectivity index (χ0v) is 7.11. The lowest BCUT2D eigenvalue weighted by molar-refractivity contribution is 0.244. The monoisotopic (exact) mass is 143 g/mol. The Hall–Kier alpha value is -0.500. The summed E-state index contributed by atoms with van der Waals surface area (Å²) in [5, 5.41) is 3.08. The number of ether oxygens (including phenoxy) is 1. The largest absolute Gasteiger partial charge is 0.501 e. The smallest absolute Gasteiger partial charge is 0.0912 e. The maximum absolute atomic E-state index is 4.99. The van der Waals surface area contributed by atoms with Gasteiger partial charge in [-0.15, -0.1) is 0 Å². The van der Waals surface area contributed by atoms with Crippen LogP contribution in [0.1, 0.15) is 13.3 Å². The first kappa shape index (κ1) is 9.50. The minimum atomic E-state index is 0.456. The van der Waals surface area contributed by atoms with Crippen molar-refractivity contribution in [1.29, 1.82) is 0 Å².